The molecule has 3 heterocycles. The molecule has 0 spiro atoms. The summed E-state index contributed by atoms with van der Waals surface area (Å²) in [4.78, 5) is 19.8. The average molecular weight is 627 g/mol. The first kappa shape index (κ1) is 27.0. The molecular weight excluding hydrogens is 601 g/mol. The molecule has 6 heteroatoms. The molecule has 0 aliphatic heterocycles. The molecule has 0 saturated carbocycles. The minimum absolute atomic E-state index is 0.639. The minimum Gasteiger partial charge on any atom is -0.236 e. The van der Waals surface area contributed by atoms with E-state index in [2.05, 4.69) is 72.8 Å². The van der Waals surface area contributed by atoms with Gasteiger partial charge in [-0.2, -0.15) is 0 Å². The number of fused-ring (bicyclic) bond motifs is 4. The van der Waals surface area contributed by atoms with Crippen LogP contribution >= 0.6 is 22.7 Å². The van der Waals surface area contributed by atoms with Gasteiger partial charge in [-0.1, -0.05) is 103 Å². The smallest absolute Gasteiger partial charge is 0.164 e. The Bertz CT molecular complexity index is 2420. The van der Waals surface area contributed by atoms with Crippen molar-refractivity contribution in [2.75, 3.05) is 0 Å². The molecule has 1 aliphatic rings. The largest absolute Gasteiger partial charge is 0.236 e. The van der Waals surface area contributed by atoms with Gasteiger partial charge in [0.2, 0.25) is 0 Å². The van der Waals surface area contributed by atoms with Crippen molar-refractivity contribution in [3.63, 3.8) is 0 Å². The van der Waals surface area contributed by atoms with Gasteiger partial charge < -0.3 is 0 Å². The highest BCUT2D eigenvalue weighted by atomic mass is 32.1. The van der Waals surface area contributed by atoms with Crippen molar-refractivity contribution in [2.45, 2.75) is 12.8 Å². The molecule has 0 bridgehead atoms. The zero-order valence-corrected chi connectivity index (χ0v) is 26.4. The fraction of sp³-hybridized carbons (Fsp3) is 0.0500. The number of hydrogen-bond acceptors (Lipinski definition) is 6. The van der Waals surface area contributed by atoms with E-state index < -0.39 is 0 Å². The molecule has 3 aromatic heterocycles. The maximum absolute atomic E-state index is 5.15. The van der Waals surface area contributed by atoms with Gasteiger partial charge in [0.15, 0.2) is 17.5 Å². The first-order valence-corrected chi connectivity index (χ1v) is 17.0. The lowest BCUT2D eigenvalue weighted by atomic mass is 9.93. The number of benzene rings is 5. The van der Waals surface area contributed by atoms with E-state index in [-0.39, 0.29) is 0 Å². The third-order valence-corrected chi connectivity index (χ3v) is 10.8. The van der Waals surface area contributed by atoms with Gasteiger partial charge in [-0.25, -0.2) is 19.9 Å². The lowest BCUT2D eigenvalue weighted by molar-refractivity contribution is 1.06. The van der Waals surface area contributed by atoms with Gasteiger partial charge in [-0.15, -0.1) is 22.7 Å². The Balaban J connectivity index is 1.10. The minimum atomic E-state index is 0.639. The summed E-state index contributed by atoms with van der Waals surface area (Å²) in [6.45, 7) is 0. The van der Waals surface area contributed by atoms with Crippen molar-refractivity contribution < 1.29 is 0 Å². The molecule has 46 heavy (non-hydrogen) atoms. The number of hydrogen-bond donors (Lipinski definition) is 0. The second kappa shape index (κ2) is 11.2. The van der Waals surface area contributed by atoms with E-state index in [1.807, 2.05) is 72.0 Å². The molecule has 0 N–H and O–H groups in total. The summed E-state index contributed by atoms with van der Waals surface area (Å²) in [5.41, 5.74) is 7.70. The summed E-state index contributed by atoms with van der Waals surface area (Å²) < 4.78 is 3.85. The number of allylic oxidation sites excluding steroid dienone is 4. The van der Waals surface area contributed by atoms with Gasteiger partial charge in [0.1, 0.15) is 5.01 Å². The van der Waals surface area contributed by atoms with Crippen molar-refractivity contribution in [3.8, 4) is 34.2 Å². The maximum Gasteiger partial charge on any atom is 0.164 e. The molecule has 0 fully saturated rings. The topological polar surface area (TPSA) is 51.6 Å². The molecule has 0 radical (unpaired) electrons. The van der Waals surface area contributed by atoms with Crippen molar-refractivity contribution in [2.24, 2.45) is 0 Å². The van der Waals surface area contributed by atoms with Gasteiger partial charge >= 0.3 is 0 Å². The zero-order valence-electron chi connectivity index (χ0n) is 24.7. The molecule has 8 aromatic rings. The maximum atomic E-state index is 5.15. The number of thiazole rings is 1. The van der Waals surface area contributed by atoms with E-state index >= 15 is 0 Å². The zero-order chi connectivity index (χ0) is 30.5. The van der Waals surface area contributed by atoms with Crippen molar-refractivity contribution in [1.29, 1.82) is 0 Å². The molecule has 0 unspecified atom stereocenters. The number of rotatable bonds is 5. The molecule has 218 valence electrons. The summed E-state index contributed by atoms with van der Waals surface area (Å²) in [5, 5.41) is 3.72. The monoisotopic (exact) mass is 626 g/mol. The van der Waals surface area contributed by atoms with Gasteiger partial charge in [-0.05, 0) is 54.3 Å². The first-order chi connectivity index (χ1) is 22.8. The van der Waals surface area contributed by atoms with Crippen LogP contribution in [0.15, 0.2) is 133 Å². The van der Waals surface area contributed by atoms with E-state index in [1.165, 1.54) is 36.9 Å². The predicted molar refractivity (Wildman–Crippen MR) is 194 cm³/mol. The summed E-state index contributed by atoms with van der Waals surface area (Å²) in [6, 6.07) is 42.0. The summed E-state index contributed by atoms with van der Waals surface area (Å²) in [7, 11) is 0. The van der Waals surface area contributed by atoms with Crippen molar-refractivity contribution in [1.82, 2.24) is 19.9 Å². The molecule has 1 aliphatic carbocycles. The van der Waals surface area contributed by atoms with Crippen LogP contribution in [0, 0.1) is 0 Å². The second-order valence-electron chi connectivity index (χ2n) is 11.4. The van der Waals surface area contributed by atoms with Crippen LogP contribution in [-0.2, 0) is 0 Å². The van der Waals surface area contributed by atoms with E-state index in [0.29, 0.717) is 17.5 Å². The first-order valence-electron chi connectivity index (χ1n) is 15.4. The van der Waals surface area contributed by atoms with E-state index in [4.69, 9.17) is 19.9 Å². The van der Waals surface area contributed by atoms with Crippen LogP contribution in [0.3, 0.4) is 0 Å². The Hall–Kier alpha value is -5.30. The molecular formula is C40H26N4S2. The summed E-state index contributed by atoms with van der Waals surface area (Å²) in [6.07, 6.45) is 6.71. The van der Waals surface area contributed by atoms with Crippen LogP contribution in [0.25, 0.3) is 75.7 Å². The van der Waals surface area contributed by atoms with Gasteiger partial charge in [0.05, 0.1) is 10.2 Å². The third-order valence-electron chi connectivity index (χ3n) is 8.45. The van der Waals surface area contributed by atoms with Crippen LogP contribution in [-0.4, -0.2) is 19.9 Å². The van der Waals surface area contributed by atoms with Crippen LogP contribution in [0.1, 0.15) is 23.4 Å². The quantitative estimate of drug-likeness (QED) is 0.191. The van der Waals surface area contributed by atoms with Crippen LogP contribution in [0.2, 0.25) is 0 Å². The van der Waals surface area contributed by atoms with Crippen LogP contribution < -0.4 is 0 Å². The van der Waals surface area contributed by atoms with Crippen molar-refractivity contribution >= 4 is 64.2 Å². The highest BCUT2D eigenvalue weighted by Crippen LogP contribution is 2.42. The molecule has 5 aromatic carbocycles. The Labute approximate surface area is 274 Å². The average Bonchev–Trinajstić information content (AvgIpc) is 3.74. The molecule has 0 amide bonds. The van der Waals surface area contributed by atoms with E-state index in [1.54, 1.807) is 11.3 Å². The molecule has 0 saturated heterocycles. The summed E-state index contributed by atoms with van der Waals surface area (Å²) >= 11 is 3.63. The molecule has 0 atom stereocenters. The lowest BCUT2D eigenvalue weighted by Gasteiger charge is -2.14. The Morgan fingerprint density at radius 1 is 0.522 bits per heavy atom. The summed E-state index contributed by atoms with van der Waals surface area (Å²) in [5.74, 6) is 1.95. The van der Waals surface area contributed by atoms with Gasteiger partial charge in [-0.3, -0.25) is 0 Å². The van der Waals surface area contributed by atoms with E-state index in [9.17, 15) is 0 Å². The van der Waals surface area contributed by atoms with Crippen molar-refractivity contribution in [3.05, 3.63) is 144 Å². The molecule has 9 rings (SSSR count). The van der Waals surface area contributed by atoms with Gasteiger partial charge in [0.25, 0.3) is 0 Å². The fourth-order valence-electron chi connectivity index (χ4n) is 6.19. The Kier molecular flexibility index (Phi) is 6.61. The SMILES string of the molecule is C1=C(c2nc3cc(-c4nc(-c5ccccc5)nc(-c5ccccc5)n4)ccc3s2)C=C(c2cccc3c2sc2ccccc23)CC1. The number of nitrogens with zero attached hydrogens (tertiary/aromatic N) is 4. The third kappa shape index (κ3) is 4.83. The van der Waals surface area contributed by atoms with E-state index in [0.717, 1.165) is 44.8 Å². The normalized spacial score (nSPS) is 13.3. The highest BCUT2D eigenvalue weighted by Gasteiger charge is 2.18. The predicted octanol–water partition coefficient (Wildman–Crippen LogP) is 11.1. The Morgan fingerprint density at radius 3 is 1.96 bits per heavy atom. The number of thiophene rings is 1. The molecule has 4 nitrogen and oxygen atoms in total. The standard InChI is InChI=1S/C40H26N4S2/c1-3-11-25(12-4-1)37-42-38(26-13-5-2-6-14-26)44-39(43-37)28-21-22-35-33(24-28)41-40(46-35)29-16-9-15-27(23-29)30-18-10-19-32-31-17-7-8-20-34(31)45-36(30)32/h1-8,10-14,16-24H,9,15H2. The second-order valence-corrected chi connectivity index (χ2v) is 13.5. The fourth-order valence-corrected chi connectivity index (χ4v) is 8.40. The Morgan fingerprint density at radius 2 is 1.20 bits per heavy atom. The lowest BCUT2D eigenvalue weighted by Crippen LogP contribution is -2.00. The van der Waals surface area contributed by atoms with Crippen LogP contribution in [0.4, 0.5) is 0 Å². The number of aromatic nitrogens is 4. The highest BCUT2D eigenvalue weighted by molar-refractivity contribution is 7.26. The van der Waals surface area contributed by atoms with Gasteiger partial charge in [0, 0.05) is 42.4 Å². The van der Waals surface area contributed by atoms with Crippen LogP contribution in [0.5, 0.6) is 0 Å².